The van der Waals surface area contributed by atoms with Gasteiger partial charge in [0.1, 0.15) is 0 Å². The molecule has 0 spiro atoms. The summed E-state index contributed by atoms with van der Waals surface area (Å²) in [4.78, 5) is 5.08. The number of rotatable bonds is 12. The number of nitrogens with zero attached hydrogens (tertiary/aromatic N) is 2. The molecule has 1 N–H and O–H groups in total. The summed E-state index contributed by atoms with van der Waals surface area (Å²) in [6.07, 6.45) is 2.57. The van der Waals surface area contributed by atoms with Crippen molar-refractivity contribution in [1.29, 1.82) is 0 Å². The van der Waals surface area contributed by atoms with Crippen LogP contribution in [0.4, 0.5) is 0 Å². The van der Waals surface area contributed by atoms with Crippen molar-refractivity contribution < 1.29 is 0 Å². The van der Waals surface area contributed by atoms with Gasteiger partial charge in [-0.3, -0.25) is 0 Å². The maximum Gasteiger partial charge on any atom is -0.000665 e. The van der Waals surface area contributed by atoms with Crippen LogP contribution in [0.1, 0.15) is 40.5 Å². The van der Waals surface area contributed by atoms with Crippen molar-refractivity contribution in [3.05, 3.63) is 0 Å². The summed E-state index contributed by atoms with van der Waals surface area (Å²) < 4.78 is 0. The number of hydrogen-bond acceptors (Lipinski definition) is 3. The summed E-state index contributed by atoms with van der Waals surface area (Å²) in [5, 5.41) is 3.39. The van der Waals surface area contributed by atoms with E-state index in [1.54, 1.807) is 0 Å². The van der Waals surface area contributed by atoms with E-state index in [1.807, 2.05) is 0 Å². The van der Waals surface area contributed by atoms with Gasteiger partial charge < -0.3 is 15.1 Å². The Kier molecular flexibility index (Phi) is 12.3. The molecule has 0 heterocycles. The Morgan fingerprint density at radius 3 is 1.76 bits per heavy atom. The lowest BCUT2D eigenvalue weighted by Crippen LogP contribution is -2.31. The van der Waals surface area contributed by atoms with Crippen molar-refractivity contribution in [1.82, 2.24) is 15.1 Å². The fraction of sp³-hybridized carbons (Fsp3) is 1.00. The first-order valence-electron chi connectivity index (χ1n) is 7.43. The van der Waals surface area contributed by atoms with E-state index in [2.05, 4.69) is 42.8 Å². The van der Waals surface area contributed by atoms with Crippen LogP contribution in [-0.2, 0) is 0 Å². The zero-order chi connectivity index (χ0) is 12.9. The van der Waals surface area contributed by atoms with Crippen LogP contribution in [0.5, 0.6) is 0 Å². The first-order valence-corrected chi connectivity index (χ1v) is 7.43. The van der Waals surface area contributed by atoms with Gasteiger partial charge in [-0.05, 0) is 65.2 Å². The number of hydrogen-bond donors (Lipinski definition) is 1. The largest absolute Gasteiger partial charge is 0.317 e. The molecule has 0 aliphatic rings. The van der Waals surface area contributed by atoms with Crippen molar-refractivity contribution in [2.75, 3.05) is 52.4 Å². The molecule has 0 rings (SSSR count). The standard InChI is InChI=1S/C14H33N3/c1-5-15-11-9-12-17(8-4)14-10-13-16(6-2)7-3/h15H,5-14H2,1-4H3. The van der Waals surface area contributed by atoms with Gasteiger partial charge in [-0.1, -0.05) is 27.7 Å². The lowest BCUT2D eigenvalue weighted by molar-refractivity contribution is 0.241. The second-order valence-electron chi connectivity index (χ2n) is 4.52. The minimum absolute atomic E-state index is 1.09. The minimum Gasteiger partial charge on any atom is -0.317 e. The van der Waals surface area contributed by atoms with Crippen molar-refractivity contribution in [3.63, 3.8) is 0 Å². The molecule has 0 aliphatic carbocycles. The summed E-state index contributed by atoms with van der Waals surface area (Å²) in [6.45, 7) is 18.5. The van der Waals surface area contributed by atoms with E-state index in [0.717, 1.165) is 13.1 Å². The van der Waals surface area contributed by atoms with E-state index in [-0.39, 0.29) is 0 Å². The normalized spacial score (nSPS) is 11.6. The highest BCUT2D eigenvalue weighted by Gasteiger charge is 2.03. The molecule has 0 aromatic rings. The highest BCUT2D eigenvalue weighted by molar-refractivity contribution is 4.60. The third-order valence-corrected chi connectivity index (χ3v) is 3.37. The van der Waals surface area contributed by atoms with E-state index < -0.39 is 0 Å². The molecule has 104 valence electrons. The first-order chi connectivity index (χ1) is 8.28. The smallest absolute Gasteiger partial charge is 0.000665 e. The summed E-state index contributed by atoms with van der Waals surface area (Å²) in [5.74, 6) is 0. The second kappa shape index (κ2) is 12.3. The predicted molar refractivity (Wildman–Crippen MR) is 77.7 cm³/mol. The van der Waals surface area contributed by atoms with Gasteiger partial charge in [0.15, 0.2) is 0 Å². The Morgan fingerprint density at radius 1 is 0.706 bits per heavy atom. The fourth-order valence-electron chi connectivity index (χ4n) is 2.09. The minimum atomic E-state index is 1.09. The molecule has 0 radical (unpaired) electrons. The van der Waals surface area contributed by atoms with Gasteiger partial charge in [-0.15, -0.1) is 0 Å². The summed E-state index contributed by atoms with van der Waals surface area (Å²) in [6, 6.07) is 0. The molecule has 0 saturated heterocycles. The monoisotopic (exact) mass is 243 g/mol. The van der Waals surface area contributed by atoms with Crippen molar-refractivity contribution in [2.45, 2.75) is 40.5 Å². The van der Waals surface area contributed by atoms with Crippen molar-refractivity contribution in [2.24, 2.45) is 0 Å². The molecule has 0 bridgehead atoms. The van der Waals surface area contributed by atoms with Crippen LogP contribution in [0, 0.1) is 0 Å². The molecule has 0 aromatic carbocycles. The van der Waals surface area contributed by atoms with Gasteiger partial charge in [0.25, 0.3) is 0 Å². The van der Waals surface area contributed by atoms with Crippen LogP contribution in [-0.4, -0.2) is 62.2 Å². The quantitative estimate of drug-likeness (QED) is 0.529. The predicted octanol–water partition coefficient (Wildman–Crippen LogP) is 2.04. The summed E-state index contributed by atoms with van der Waals surface area (Å²) >= 11 is 0. The molecule has 0 amide bonds. The van der Waals surface area contributed by atoms with Crippen LogP contribution in [0.25, 0.3) is 0 Å². The Hall–Kier alpha value is -0.120. The average molecular weight is 243 g/mol. The Bertz CT molecular complexity index is 146. The molecule has 0 aliphatic heterocycles. The van der Waals surface area contributed by atoms with Gasteiger partial charge in [-0.25, -0.2) is 0 Å². The average Bonchev–Trinajstić information content (AvgIpc) is 2.37. The van der Waals surface area contributed by atoms with E-state index in [4.69, 9.17) is 0 Å². The van der Waals surface area contributed by atoms with Gasteiger partial charge >= 0.3 is 0 Å². The lowest BCUT2D eigenvalue weighted by Gasteiger charge is -2.23. The topological polar surface area (TPSA) is 18.5 Å². The van der Waals surface area contributed by atoms with Gasteiger partial charge in [0, 0.05) is 0 Å². The molecule has 3 nitrogen and oxygen atoms in total. The summed E-state index contributed by atoms with van der Waals surface area (Å²) in [7, 11) is 0. The molecule has 0 aromatic heterocycles. The van der Waals surface area contributed by atoms with Gasteiger partial charge in [0.2, 0.25) is 0 Å². The zero-order valence-electron chi connectivity index (χ0n) is 12.5. The van der Waals surface area contributed by atoms with Gasteiger partial charge in [-0.2, -0.15) is 0 Å². The van der Waals surface area contributed by atoms with Crippen LogP contribution >= 0.6 is 0 Å². The van der Waals surface area contributed by atoms with Gasteiger partial charge in [0.05, 0.1) is 0 Å². The molecular formula is C14H33N3. The lowest BCUT2D eigenvalue weighted by atomic mass is 10.3. The molecule has 0 saturated carbocycles. The molecular weight excluding hydrogens is 210 g/mol. The highest BCUT2D eigenvalue weighted by atomic mass is 15.1. The SMILES string of the molecule is CCNCCCN(CC)CCCN(CC)CC. The maximum atomic E-state index is 3.39. The third-order valence-electron chi connectivity index (χ3n) is 3.37. The Morgan fingerprint density at radius 2 is 1.24 bits per heavy atom. The second-order valence-corrected chi connectivity index (χ2v) is 4.52. The fourth-order valence-corrected chi connectivity index (χ4v) is 2.09. The van der Waals surface area contributed by atoms with Crippen LogP contribution in [0.3, 0.4) is 0 Å². The zero-order valence-corrected chi connectivity index (χ0v) is 12.5. The van der Waals surface area contributed by atoms with Crippen LogP contribution in [0.2, 0.25) is 0 Å². The highest BCUT2D eigenvalue weighted by Crippen LogP contribution is 1.96. The van der Waals surface area contributed by atoms with E-state index in [1.165, 1.54) is 52.1 Å². The van der Waals surface area contributed by atoms with Crippen molar-refractivity contribution in [3.8, 4) is 0 Å². The van der Waals surface area contributed by atoms with E-state index in [0.29, 0.717) is 0 Å². The van der Waals surface area contributed by atoms with E-state index >= 15 is 0 Å². The van der Waals surface area contributed by atoms with Crippen LogP contribution < -0.4 is 5.32 Å². The molecule has 3 heteroatoms. The third kappa shape index (κ3) is 9.57. The molecule has 0 atom stereocenters. The Balaban J connectivity index is 3.53. The van der Waals surface area contributed by atoms with Crippen molar-refractivity contribution >= 4 is 0 Å². The summed E-state index contributed by atoms with van der Waals surface area (Å²) in [5.41, 5.74) is 0. The maximum absolute atomic E-state index is 3.39. The van der Waals surface area contributed by atoms with E-state index in [9.17, 15) is 0 Å². The first kappa shape index (κ1) is 16.9. The number of nitrogens with one attached hydrogen (secondary N) is 1. The molecule has 0 fully saturated rings. The Labute approximate surface area is 109 Å². The molecule has 17 heavy (non-hydrogen) atoms. The van der Waals surface area contributed by atoms with Crippen LogP contribution in [0.15, 0.2) is 0 Å². The molecule has 0 unspecified atom stereocenters.